The van der Waals surface area contributed by atoms with E-state index >= 15 is 0 Å². The second kappa shape index (κ2) is 7.34. The number of methoxy groups -OCH3 is 1. The van der Waals surface area contributed by atoms with Gasteiger partial charge in [0.1, 0.15) is 10.9 Å². The number of β-amino-alcohol motifs (C(OH)–C–C–N with tert-alkyl or cyclic N) is 1. The minimum Gasteiger partial charge on any atom is -0.497 e. The zero-order chi connectivity index (χ0) is 17.1. The van der Waals surface area contributed by atoms with Gasteiger partial charge in [-0.25, -0.2) is 4.98 Å². The third-order valence-corrected chi connectivity index (χ3v) is 4.54. The second-order valence-corrected chi connectivity index (χ2v) is 6.17. The molecule has 1 aliphatic heterocycles. The van der Waals surface area contributed by atoms with Gasteiger partial charge in [0.25, 0.3) is 0 Å². The van der Waals surface area contributed by atoms with Crippen molar-refractivity contribution in [3.05, 3.63) is 35.0 Å². The van der Waals surface area contributed by atoms with Crippen molar-refractivity contribution < 1.29 is 14.6 Å². The van der Waals surface area contributed by atoms with Crippen molar-refractivity contribution in [1.82, 2.24) is 14.8 Å². The number of ether oxygens (including phenoxy) is 1. The van der Waals surface area contributed by atoms with Gasteiger partial charge in [-0.3, -0.25) is 9.69 Å². The summed E-state index contributed by atoms with van der Waals surface area (Å²) in [4.78, 5) is 20.2. The molecule has 2 aromatic rings. The predicted molar refractivity (Wildman–Crippen MR) is 92.2 cm³/mol. The minimum absolute atomic E-state index is 0.00434. The van der Waals surface area contributed by atoms with E-state index in [0.717, 1.165) is 28.8 Å². The topological polar surface area (TPSA) is 65.9 Å². The van der Waals surface area contributed by atoms with E-state index in [1.165, 1.54) is 0 Å². The SMILES string of the molecule is COc1ccc2cc(CN3CCN(CCO)C(=O)C3)c(Cl)nc2c1. The minimum atomic E-state index is -0.00434. The molecule has 1 fully saturated rings. The third-order valence-electron chi connectivity index (χ3n) is 4.21. The van der Waals surface area contributed by atoms with E-state index in [1.54, 1.807) is 12.0 Å². The summed E-state index contributed by atoms with van der Waals surface area (Å²) in [6, 6.07) is 7.70. The average Bonchev–Trinajstić information content (AvgIpc) is 2.57. The zero-order valence-electron chi connectivity index (χ0n) is 13.5. The second-order valence-electron chi connectivity index (χ2n) is 5.81. The van der Waals surface area contributed by atoms with Crippen molar-refractivity contribution in [3.63, 3.8) is 0 Å². The lowest BCUT2D eigenvalue weighted by molar-refractivity contribution is -0.136. The molecule has 7 heteroatoms. The molecule has 1 amide bonds. The number of aliphatic hydroxyl groups excluding tert-OH is 1. The summed E-state index contributed by atoms with van der Waals surface area (Å²) >= 11 is 6.33. The Morgan fingerprint density at radius 3 is 2.88 bits per heavy atom. The maximum atomic E-state index is 12.1. The summed E-state index contributed by atoms with van der Waals surface area (Å²) in [6.45, 7) is 2.67. The van der Waals surface area contributed by atoms with Crippen LogP contribution in [0.4, 0.5) is 0 Å². The van der Waals surface area contributed by atoms with E-state index in [9.17, 15) is 4.79 Å². The Labute approximate surface area is 145 Å². The van der Waals surface area contributed by atoms with Crippen molar-refractivity contribution in [2.75, 3.05) is 39.9 Å². The molecule has 1 aromatic carbocycles. The number of aliphatic hydroxyl groups is 1. The standard InChI is InChI=1S/C17H20ClN3O3/c1-24-14-3-2-12-8-13(17(18)19-15(12)9-14)10-20-4-5-21(6-7-22)16(23)11-20/h2-3,8-9,22H,4-7,10-11H2,1H3. The van der Waals surface area contributed by atoms with E-state index in [2.05, 4.69) is 9.88 Å². The molecule has 0 spiro atoms. The normalized spacial score (nSPS) is 16.0. The molecule has 1 aromatic heterocycles. The summed E-state index contributed by atoms with van der Waals surface area (Å²) in [5.41, 5.74) is 1.68. The number of benzene rings is 1. The Morgan fingerprint density at radius 2 is 2.17 bits per heavy atom. The first-order valence-electron chi connectivity index (χ1n) is 7.85. The van der Waals surface area contributed by atoms with E-state index < -0.39 is 0 Å². The molecular formula is C17H20ClN3O3. The lowest BCUT2D eigenvalue weighted by Crippen LogP contribution is -2.50. The highest BCUT2D eigenvalue weighted by atomic mass is 35.5. The number of carbonyl (C=O) groups excluding carboxylic acids is 1. The molecule has 1 saturated heterocycles. The molecule has 0 saturated carbocycles. The molecule has 3 rings (SSSR count). The van der Waals surface area contributed by atoms with Gasteiger partial charge in [0.15, 0.2) is 0 Å². The Morgan fingerprint density at radius 1 is 1.33 bits per heavy atom. The van der Waals surface area contributed by atoms with Crippen LogP contribution in [-0.2, 0) is 11.3 Å². The highest BCUT2D eigenvalue weighted by Gasteiger charge is 2.24. The van der Waals surface area contributed by atoms with E-state index in [-0.39, 0.29) is 12.5 Å². The summed E-state index contributed by atoms with van der Waals surface area (Å²) in [7, 11) is 1.62. The number of rotatable bonds is 5. The van der Waals surface area contributed by atoms with Crippen LogP contribution in [-0.4, -0.2) is 65.7 Å². The Hall–Kier alpha value is -1.89. The molecule has 0 unspecified atom stereocenters. The van der Waals surface area contributed by atoms with Gasteiger partial charge in [-0.15, -0.1) is 0 Å². The van der Waals surface area contributed by atoms with Crippen molar-refractivity contribution in [1.29, 1.82) is 0 Å². The highest BCUT2D eigenvalue weighted by molar-refractivity contribution is 6.30. The fourth-order valence-electron chi connectivity index (χ4n) is 2.90. The van der Waals surface area contributed by atoms with E-state index in [4.69, 9.17) is 21.4 Å². The number of nitrogens with zero attached hydrogens (tertiary/aromatic N) is 3. The summed E-state index contributed by atoms with van der Waals surface area (Å²) < 4.78 is 5.20. The first-order chi connectivity index (χ1) is 11.6. The van der Waals surface area contributed by atoms with Gasteiger partial charge in [0, 0.05) is 43.2 Å². The number of halogens is 1. The first-order valence-corrected chi connectivity index (χ1v) is 8.22. The van der Waals surface area contributed by atoms with Gasteiger partial charge >= 0.3 is 0 Å². The van der Waals surface area contributed by atoms with E-state index in [0.29, 0.717) is 31.3 Å². The fraction of sp³-hybridized carbons (Fsp3) is 0.412. The quantitative estimate of drug-likeness (QED) is 0.829. The molecule has 6 nitrogen and oxygen atoms in total. The summed E-state index contributed by atoms with van der Waals surface area (Å²) in [6.07, 6.45) is 0. The van der Waals surface area contributed by atoms with Crippen molar-refractivity contribution in [2.45, 2.75) is 6.54 Å². The summed E-state index contributed by atoms with van der Waals surface area (Å²) in [5, 5.41) is 10.4. The van der Waals surface area contributed by atoms with Gasteiger partial charge in [-0.2, -0.15) is 0 Å². The summed E-state index contributed by atoms with van der Waals surface area (Å²) in [5.74, 6) is 0.773. The zero-order valence-corrected chi connectivity index (χ0v) is 14.3. The monoisotopic (exact) mass is 349 g/mol. The lowest BCUT2D eigenvalue weighted by atomic mass is 10.1. The number of amides is 1. The molecule has 1 N–H and O–H groups in total. The van der Waals surface area contributed by atoms with Crippen LogP contribution in [0.3, 0.4) is 0 Å². The Kier molecular flexibility index (Phi) is 5.18. The number of carbonyl (C=O) groups is 1. The number of hydrogen-bond acceptors (Lipinski definition) is 5. The molecular weight excluding hydrogens is 330 g/mol. The Bertz CT molecular complexity index is 753. The van der Waals surface area contributed by atoms with Crippen molar-refractivity contribution in [2.24, 2.45) is 0 Å². The van der Waals surface area contributed by atoms with Crippen LogP contribution < -0.4 is 4.74 Å². The maximum absolute atomic E-state index is 12.1. The van der Waals surface area contributed by atoms with Crippen LogP contribution in [0.2, 0.25) is 5.15 Å². The van der Waals surface area contributed by atoms with Crippen molar-refractivity contribution >= 4 is 28.4 Å². The van der Waals surface area contributed by atoms with Gasteiger partial charge in [0.2, 0.25) is 5.91 Å². The largest absolute Gasteiger partial charge is 0.497 e. The van der Waals surface area contributed by atoms with Crippen LogP contribution in [0.5, 0.6) is 5.75 Å². The van der Waals surface area contributed by atoms with Crippen LogP contribution in [0.25, 0.3) is 10.9 Å². The third kappa shape index (κ3) is 3.61. The first kappa shape index (κ1) is 17.0. The van der Waals surface area contributed by atoms with Crippen LogP contribution in [0, 0.1) is 0 Å². The fourth-order valence-corrected chi connectivity index (χ4v) is 3.10. The van der Waals surface area contributed by atoms with E-state index in [1.807, 2.05) is 24.3 Å². The highest BCUT2D eigenvalue weighted by Crippen LogP contribution is 2.25. The number of aromatic nitrogens is 1. The number of fused-ring (bicyclic) bond motifs is 1. The van der Waals surface area contributed by atoms with Crippen molar-refractivity contribution in [3.8, 4) is 5.75 Å². The molecule has 0 radical (unpaired) electrons. The van der Waals surface area contributed by atoms with Gasteiger partial charge in [0.05, 0.1) is 25.8 Å². The molecule has 0 aliphatic carbocycles. The number of pyridine rings is 1. The Balaban J connectivity index is 1.76. The number of piperazine rings is 1. The molecule has 24 heavy (non-hydrogen) atoms. The smallest absolute Gasteiger partial charge is 0.236 e. The molecule has 2 heterocycles. The number of hydrogen-bond donors (Lipinski definition) is 1. The predicted octanol–water partition coefficient (Wildman–Crippen LogP) is 1.53. The van der Waals surface area contributed by atoms with Gasteiger partial charge in [-0.05, 0) is 18.2 Å². The average molecular weight is 350 g/mol. The van der Waals surface area contributed by atoms with Gasteiger partial charge in [-0.1, -0.05) is 11.6 Å². The van der Waals surface area contributed by atoms with Crippen LogP contribution >= 0.6 is 11.6 Å². The molecule has 0 bridgehead atoms. The van der Waals surface area contributed by atoms with Crippen LogP contribution in [0.15, 0.2) is 24.3 Å². The maximum Gasteiger partial charge on any atom is 0.236 e. The van der Waals surface area contributed by atoms with Gasteiger partial charge < -0.3 is 14.7 Å². The molecule has 128 valence electrons. The molecule has 1 aliphatic rings. The molecule has 0 atom stereocenters. The lowest BCUT2D eigenvalue weighted by Gasteiger charge is -2.34. The van der Waals surface area contributed by atoms with Crippen LogP contribution in [0.1, 0.15) is 5.56 Å².